The van der Waals surface area contributed by atoms with E-state index in [2.05, 4.69) is 5.10 Å². The maximum absolute atomic E-state index is 13.0. The van der Waals surface area contributed by atoms with Gasteiger partial charge in [0.15, 0.2) is 0 Å². The second-order valence-corrected chi connectivity index (χ2v) is 5.24. The second-order valence-electron chi connectivity index (χ2n) is 4.39. The smallest absolute Gasteiger partial charge is 0.295 e. The summed E-state index contributed by atoms with van der Waals surface area (Å²) in [5, 5.41) is 2.78. The number of hydrogen-bond donors (Lipinski definition) is 1. The molecule has 20 heavy (non-hydrogen) atoms. The second kappa shape index (κ2) is 5.05. The molecule has 0 unspecified atom stereocenters. The van der Waals surface area contributed by atoms with Gasteiger partial charge in [0.1, 0.15) is 0 Å². The minimum Gasteiger partial charge on any atom is -0.295 e. The topological polar surface area (TPSA) is 37.8 Å². The van der Waals surface area contributed by atoms with Crippen LogP contribution in [0.4, 0.5) is 13.2 Å². The first-order valence-electron chi connectivity index (χ1n) is 5.77. The quantitative estimate of drug-likeness (QED) is 0.863. The van der Waals surface area contributed by atoms with Gasteiger partial charge >= 0.3 is 6.18 Å². The molecule has 1 N–H and O–H groups in total. The molecule has 0 aliphatic rings. The summed E-state index contributed by atoms with van der Waals surface area (Å²) in [5.74, 6) is 0. The van der Waals surface area contributed by atoms with E-state index in [0.29, 0.717) is 16.8 Å². The monoisotopic (exact) mass is 302 g/mol. The number of nitrogens with zero attached hydrogens (tertiary/aromatic N) is 1. The summed E-state index contributed by atoms with van der Waals surface area (Å²) in [6.45, 7) is 1.59. The van der Waals surface area contributed by atoms with Gasteiger partial charge in [-0.2, -0.15) is 13.2 Å². The highest BCUT2D eigenvalue weighted by atomic mass is 32.2. The van der Waals surface area contributed by atoms with Crippen LogP contribution in [0.25, 0.3) is 11.3 Å². The molecular formula is C13H13F3N2OS. The van der Waals surface area contributed by atoms with Gasteiger partial charge in [0.05, 0.1) is 11.3 Å². The Morgan fingerprint density at radius 3 is 2.40 bits per heavy atom. The normalized spacial score (nSPS) is 11.9. The fraction of sp³-hybridized carbons (Fsp3) is 0.308. The predicted octanol–water partition coefficient (Wildman–Crippen LogP) is 3.43. The van der Waals surface area contributed by atoms with Crippen molar-refractivity contribution in [2.45, 2.75) is 18.0 Å². The summed E-state index contributed by atoms with van der Waals surface area (Å²) in [5.41, 5.74) is 0.229. The first-order chi connectivity index (χ1) is 9.25. The van der Waals surface area contributed by atoms with Crippen LogP contribution in [0.15, 0.2) is 27.9 Å². The molecule has 0 saturated heterocycles. The third-order valence-electron chi connectivity index (χ3n) is 3.07. The van der Waals surface area contributed by atoms with Crippen LogP contribution >= 0.6 is 11.8 Å². The van der Waals surface area contributed by atoms with Gasteiger partial charge in [0, 0.05) is 23.1 Å². The number of nitrogens with one attached hydrogen (secondary N) is 1. The van der Waals surface area contributed by atoms with Gasteiger partial charge in [-0.15, -0.1) is 11.8 Å². The fourth-order valence-electron chi connectivity index (χ4n) is 2.03. The van der Waals surface area contributed by atoms with Gasteiger partial charge in [0.25, 0.3) is 5.56 Å². The van der Waals surface area contributed by atoms with Crippen LogP contribution in [-0.4, -0.2) is 16.0 Å². The Balaban J connectivity index is 2.65. The minimum atomic E-state index is -4.42. The summed E-state index contributed by atoms with van der Waals surface area (Å²) >= 11 is 1.04. The number of benzene rings is 1. The lowest BCUT2D eigenvalue weighted by Gasteiger charge is -2.12. The first kappa shape index (κ1) is 14.8. The molecule has 1 heterocycles. The Hall–Kier alpha value is -1.63. The van der Waals surface area contributed by atoms with Crippen molar-refractivity contribution < 1.29 is 13.2 Å². The number of rotatable bonds is 2. The fourth-order valence-corrected chi connectivity index (χ4v) is 2.63. The molecule has 0 amide bonds. The number of aromatic amines is 1. The molecule has 1 aromatic heterocycles. The van der Waals surface area contributed by atoms with E-state index in [1.165, 1.54) is 17.8 Å². The number of hydrogen-bond acceptors (Lipinski definition) is 2. The Bertz CT molecular complexity index is 701. The zero-order chi connectivity index (χ0) is 15.1. The molecular weight excluding hydrogens is 289 g/mol. The molecule has 0 aliphatic carbocycles. The number of thioether (sulfide) groups is 1. The summed E-state index contributed by atoms with van der Waals surface area (Å²) < 4.78 is 40.3. The van der Waals surface area contributed by atoms with Crippen molar-refractivity contribution in [1.29, 1.82) is 0 Å². The molecule has 0 spiro atoms. The molecule has 0 radical (unpaired) electrons. The van der Waals surface area contributed by atoms with Gasteiger partial charge in [-0.25, -0.2) is 0 Å². The van der Waals surface area contributed by atoms with E-state index in [-0.39, 0.29) is 10.5 Å². The lowest BCUT2D eigenvalue weighted by atomic mass is 10.1. The van der Waals surface area contributed by atoms with Crippen LogP contribution in [0.1, 0.15) is 11.1 Å². The Morgan fingerprint density at radius 1 is 1.30 bits per heavy atom. The Labute approximate surface area is 117 Å². The van der Waals surface area contributed by atoms with Crippen molar-refractivity contribution in [2.75, 3.05) is 6.26 Å². The van der Waals surface area contributed by atoms with Gasteiger partial charge in [-0.05, 0) is 25.3 Å². The van der Waals surface area contributed by atoms with Crippen LogP contribution in [0, 0.1) is 6.92 Å². The molecule has 0 fully saturated rings. The maximum atomic E-state index is 13.0. The SMILES string of the molecule is CSc1ccc(-c2[nH]n(C)c(=O)c2C)cc1C(F)(F)F. The lowest BCUT2D eigenvalue weighted by molar-refractivity contribution is -0.139. The maximum Gasteiger partial charge on any atom is 0.417 e. The number of alkyl halides is 3. The Kier molecular flexibility index (Phi) is 3.73. The van der Waals surface area contributed by atoms with E-state index < -0.39 is 11.7 Å². The summed E-state index contributed by atoms with van der Waals surface area (Å²) in [4.78, 5) is 11.8. The summed E-state index contributed by atoms with van der Waals surface area (Å²) in [7, 11) is 1.53. The van der Waals surface area contributed by atoms with Crippen molar-refractivity contribution in [3.8, 4) is 11.3 Å². The molecule has 7 heteroatoms. The molecule has 0 bridgehead atoms. The van der Waals surface area contributed by atoms with E-state index in [1.807, 2.05) is 0 Å². The van der Waals surface area contributed by atoms with Crippen molar-refractivity contribution in [1.82, 2.24) is 9.78 Å². The molecule has 2 rings (SSSR count). The average Bonchev–Trinajstić information content (AvgIpc) is 2.65. The van der Waals surface area contributed by atoms with Gasteiger partial charge in [-0.3, -0.25) is 14.6 Å². The molecule has 0 saturated carbocycles. The van der Waals surface area contributed by atoms with E-state index in [1.54, 1.807) is 19.2 Å². The van der Waals surface area contributed by atoms with Crippen LogP contribution in [0.3, 0.4) is 0 Å². The zero-order valence-corrected chi connectivity index (χ0v) is 11.9. The van der Waals surface area contributed by atoms with E-state index in [9.17, 15) is 18.0 Å². The number of H-pyrrole nitrogens is 1. The molecule has 0 atom stereocenters. The average molecular weight is 302 g/mol. The van der Waals surface area contributed by atoms with E-state index in [4.69, 9.17) is 0 Å². The number of halogens is 3. The van der Waals surface area contributed by atoms with Gasteiger partial charge < -0.3 is 0 Å². The minimum absolute atomic E-state index is 0.164. The molecule has 1 aromatic carbocycles. The lowest BCUT2D eigenvalue weighted by Crippen LogP contribution is -2.12. The molecule has 2 aromatic rings. The van der Waals surface area contributed by atoms with Crippen LogP contribution in [0.2, 0.25) is 0 Å². The third-order valence-corrected chi connectivity index (χ3v) is 3.87. The van der Waals surface area contributed by atoms with Crippen LogP contribution in [0.5, 0.6) is 0 Å². The number of aromatic nitrogens is 2. The van der Waals surface area contributed by atoms with Crippen LogP contribution < -0.4 is 5.56 Å². The first-order valence-corrected chi connectivity index (χ1v) is 6.99. The highest BCUT2D eigenvalue weighted by Crippen LogP contribution is 2.38. The zero-order valence-electron chi connectivity index (χ0n) is 11.1. The van der Waals surface area contributed by atoms with E-state index >= 15 is 0 Å². The van der Waals surface area contributed by atoms with Crippen LogP contribution in [-0.2, 0) is 13.2 Å². The van der Waals surface area contributed by atoms with Crippen molar-refractivity contribution >= 4 is 11.8 Å². The standard InChI is InChI=1S/C13H13F3N2OS/c1-7-11(17-18(2)12(7)19)8-4-5-10(20-3)9(6-8)13(14,15)16/h4-6,17H,1-3H3. The molecule has 108 valence electrons. The largest absolute Gasteiger partial charge is 0.417 e. The third kappa shape index (κ3) is 2.49. The summed E-state index contributed by atoms with van der Waals surface area (Å²) in [6.07, 6.45) is -2.82. The van der Waals surface area contributed by atoms with Crippen molar-refractivity contribution in [3.05, 3.63) is 39.7 Å². The number of aryl methyl sites for hydroxylation is 1. The summed E-state index contributed by atoms with van der Waals surface area (Å²) in [6, 6.07) is 4.08. The van der Waals surface area contributed by atoms with E-state index in [0.717, 1.165) is 17.8 Å². The van der Waals surface area contributed by atoms with Crippen molar-refractivity contribution in [3.63, 3.8) is 0 Å². The highest BCUT2D eigenvalue weighted by Gasteiger charge is 2.33. The predicted molar refractivity (Wildman–Crippen MR) is 73.0 cm³/mol. The van der Waals surface area contributed by atoms with Crippen molar-refractivity contribution in [2.24, 2.45) is 7.05 Å². The Morgan fingerprint density at radius 2 is 1.95 bits per heavy atom. The highest BCUT2D eigenvalue weighted by molar-refractivity contribution is 7.98. The van der Waals surface area contributed by atoms with Gasteiger partial charge in [-0.1, -0.05) is 6.07 Å². The molecule has 3 nitrogen and oxygen atoms in total. The molecule has 0 aliphatic heterocycles. The van der Waals surface area contributed by atoms with Gasteiger partial charge in [0.2, 0.25) is 0 Å².